The molecule has 0 aliphatic heterocycles. The maximum atomic E-state index is 12.8. The Labute approximate surface area is 184 Å². The topological polar surface area (TPSA) is 75.3 Å². The number of nitrogens with one attached hydrogen (secondary N) is 2. The van der Waals surface area contributed by atoms with Gasteiger partial charge in [0.05, 0.1) is 10.9 Å². The molecule has 0 aliphatic rings. The van der Waals surface area contributed by atoms with Gasteiger partial charge >= 0.3 is 0 Å². The SMILES string of the molecule is Cc1ccc(S(=O)(=O)Nc2ccc(C(=O)N[C@H](c3ccccc3C)C(C)C)cc2)cc1. The zero-order valence-corrected chi connectivity index (χ0v) is 19.0. The number of hydrogen-bond acceptors (Lipinski definition) is 3. The van der Waals surface area contributed by atoms with E-state index in [2.05, 4.69) is 23.9 Å². The quantitative estimate of drug-likeness (QED) is 0.532. The van der Waals surface area contributed by atoms with Gasteiger partial charge in [0.15, 0.2) is 0 Å². The zero-order chi connectivity index (χ0) is 22.6. The molecule has 0 heterocycles. The van der Waals surface area contributed by atoms with Gasteiger partial charge in [0.1, 0.15) is 0 Å². The molecule has 0 unspecified atom stereocenters. The van der Waals surface area contributed by atoms with Gasteiger partial charge in [-0.3, -0.25) is 9.52 Å². The maximum Gasteiger partial charge on any atom is 0.261 e. The van der Waals surface area contributed by atoms with Crippen molar-refractivity contribution >= 4 is 21.6 Å². The highest BCUT2D eigenvalue weighted by Gasteiger charge is 2.21. The fourth-order valence-corrected chi connectivity index (χ4v) is 4.44. The summed E-state index contributed by atoms with van der Waals surface area (Å²) in [5, 5.41) is 3.11. The molecule has 1 atom stereocenters. The molecular weight excluding hydrogens is 408 g/mol. The number of sulfonamides is 1. The van der Waals surface area contributed by atoms with E-state index in [0.717, 1.165) is 16.7 Å². The third kappa shape index (κ3) is 5.52. The van der Waals surface area contributed by atoms with Crippen LogP contribution in [0.4, 0.5) is 5.69 Å². The van der Waals surface area contributed by atoms with E-state index in [9.17, 15) is 13.2 Å². The Morgan fingerprint density at radius 1 is 0.839 bits per heavy atom. The fraction of sp³-hybridized carbons (Fsp3) is 0.240. The van der Waals surface area contributed by atoms with Crippen LogP contribution in [0, 0.1) is 19.8 Å². The van der Waals surface area contributed by atoms with Gasteiger partial charge in [-0.2, -0.15) is 0 Å². The van der Waals surface area contributed by atoms with E-state index in [0.29, 0.717) is 11.3 Å². The predicted molar refractivity (Wildman–Crippen MR) is 125 cm³/mol. The maximum absolute atomic E-state index is 12.8. The lowest BCUT2D eigenvalue weighted by Crippen LogP contribution is -2.32. The van der Waals surface area contributed by atoms with Gasteiger partial charge < -0.3 is 5.32 Å². The first kappa shape index (κ1) is 22.6. The summed E-state index contributed by atoms with van der Waals surface area (Å²) < 4.78 is 27.7. The highest BCUT2D eigenvalue weighted by Crippen LogP contribution is 2.25. The Hall–Kier alpha value is -3.12. The summed E-state index contributed by atoms with van der Waals surface area (Å²) in [6.07, 6.45) is 0. The van der Waals surface area contributed by atoms with Crippen LogP contribution in [-0.4, -0.2) is 14.3 Å². The first-order valence-electron chi connectivity index (χ1n) is 10.2. The minimum absolute atomic E-state index is 0.117. The van der Waals surface area contributed by atoms with Gasteiger partial charge in [-0.25, -0.2) is 8.42 Å². The molecule has 0 radical (unpaired) electrons. The van der Waals surface area contributed by atoms with Crippen LogP contribution < -0.4 is 10.0 Å². The summed E-state index contributed by atoms with van der Waals surface area (Å²) in [6, 6.07) is 21.0. The molecule has 2 N–H and O–H groups in total. The third-order valence-corrected chi connectivity index (χ3v) is 6.60. The summed E-state index contributed by atoms with van der Waals surface area (Å²) in [5.41, 5.74) is 4.07. The van der Waals surface area contributed by atoms with Gasteiger partial charge in [-0.1, -0.05) is 55.8 Å². The minimum Gasteiger partial charge on any atom is -0.345 e. The van der Waals surface area contributed by atoms with E-state index >= 15 is 0 Å². The van der Waals surface area contributed by atoms with Gasteiger partial charge in [-0.15, -0.1) is 0 Å². The van der Waals surface area contributed by atoms with Crippen molar-refractivity contribution in [2.75, 3.05) is 4.72 Å². The van der Waals surface area contributed by atoms with Crippen molar-refractivity contribution in [3.8, 4) is 0 Å². The lowest BCUT2D eigenvalue weighted by molar-refractivity contribution is 0.0925. The Bertz CT molecular complexity index is 1150. The number of carbonyl (C=O) groups is 1. The van der Waals surface area contributed by atoms with Gasteiger partial charge in [0.25, 0.3) is 15.9 Å². The van der Waals surface area contributed by atoms with E-state index in [1.165, 1.54) is 0 Å². The summed E-state index contributed by atoms with van der Waals surface area (Å²) >= 11 is 0. The van der Waals surface area contributed by atoms with Gasteiger partial charge in [0, 0.05) is 11.3 Å². The standard InChI is InChI=1S/C25H28N2O3S/c1-17(2)24(23-8-6-5-7-19(23)4)26-25(28)20-11-13-21(14-12-20)27-31(29,30)22-15-9-18(3)10-16-22/h5-17,24,27H,1-4H3,(H,26,28)/t24-/m0/s1. The summed E-state index contributed by atoms with van der Waals surface area (Å²) in [7, 11) is -3.68. The number of carbonyl (C=O) groups excluding carboxylic acids is 1. The number of aryl methyl sites for hydroxylation is 2. The normalized spacial score (nSPS) is 12.4. The molecule has 3 rings (SSSR count). The third-order valence-electron chi connectivity index (χ3n) is 5.21. The van der Waals surface area contributed by atoms with Crippen LogP contribution in [0.2, 0.25) is 0 Å². The molecule has 6 heteroatoms. The highest BCUT2D eigenvalue weighted by atomic mass is 32.2. The first-order chi connectivity index (χ1) is 14.7. The Morgan fingerprint density at radius 3 is 2.03 bits per heavy atom. The molecule has 0 fully saturated rings. The van der Waals surface area contributed by atoms with Crippen molar-refractivity contribution in [3.63, 3.8) is 0 Å². The molecule has 0 bridgehead atoms. The minimum atomic E-state index is -3.68. The Morgan fingerprint density at radius 2 is 1.45 bits per heavy atom. The molecular formula is C25H28N2O3S. The van der Waals surface area contributed by atoms with E-state index in [-0.39, 0.29) is 22.8 Å². The van der Waals surface area contributed by atoms with Crippen LogP contribution in [0.15, 0.2) is 77.7 Å². The summed E-state index contributed by atoms with van der Waals surface area (Å²) in [5.74, 6) is 0.0144. The molecule has 162 valence electrons. The Balaban J connectivity index is 1.74. The van der Waals surface area contributed by atoms with Crippen LogP contribution in [-0.2, 0) is 10.0 Å². The lowest BCUT2D eigenvalue weighted by Gasteiger charge is -2.24. The molecule has 3 aromatic rings. The second-order valence-electron chi connectivity index (χ2n) is 8.05. The number of anilines is 1. The van der Waals surface area contributed by atoms with Crippen molar-refractivity contribution in [2.45, 2.75) is 38.6 Å². The molecule has 31 heavy (non-hydrogen) atoms. The zero-order valence-electron chi connectivity index (χ0n) is 18.2. The molecule has 0 saturated carbocycles. The van der Waals surface area contributed by atoms with Crippen LogP contribution in [0.1, 0.15) is 46.9 Å². The van der Waals surface area contributed by atoms with Crippen LogP contribution in [0.5, 0.6) is 0 Å². The van der Waals surface area contributed by atoms with Crippen LogP contribution >= 0.6 is 0 Å². The number of rotatable bonds is 7. The first-order valence-corrected chi connectivity index (χ1v) is 11.7. The van der Waals surface area contributed by atoms with Crippen molar-refractivity contribution in [1.29, 1.82) is 0 Å². The Kier molecular flexibility index (Phi) is 6.81. The van der Waals surface area contributed by atoms with Gasteiger partial charge in [-0.05, 0) is 67.3 Å². The van der Waals surface area contributed by atoms with Crippen molar-refractivity contribution in [2.24, 2.45) is 5.92 Å². The van der Waals surface area contributed by atoms with E-state index in [1.807, 2.05) is 38.1 Å². The smallest absolute Gasteiger partial charge is 0.261 e. The average molecular weight is 437 g/mol. The molecule has 0 aromatic heterocycles. The largest absolute Gasteiger partial charge is 0.345 e. The van der Waals surface area contributed by atoms with Crippen molar-refractivity contribution in [3.05, 3.63) is 95.1 Å². The van der Waals surface area contributed by atoms with E-state index in [1.54, 1.807) is 48.5 Å². The van der Waals surface area contributed by atoms with Gasteiger partial charge in [0.2, 0.25) is 0 Å². The fourth-order valence-electron chi connectivity index (χ4n) is 3.38. The molecule has 1 amide bonds. The molecule has 0 spiro atoms. The van der Waals surface area contributed by atoms with E-state index in [4.69, 9.17) is 0 Å². The van der Waals surface area contributed by atoms with E-state index < -0.39 is 10.0 Å². The van der Waals surface area contributed by atoms with Crippen LogP contribution in [0.3, 0.4) is 0 Å². The lowest BCUT2D eigenvalue weighted by atomic mass is 9.92. The molecule has 3 aromatic carbocycles. The second kappa shape index (κ2) is 9.35. The summed E-state index contributed by atoms with van der Waals surface area (Å²) in [4.78, 5) is 13.0. The molecule has 5 nitrogen and oxygen atoms in total. The summed E-state index contributed by atoms with van der Waals surface area (Å²) in [6.45, 7) is 8.07. The monoisotopic (exact) mass is 436 g/mol. The number of hydrogen-bond donors (Lipinski definition) is 2. The van der Waals surface area contributed by atoms with Crippen molar-refractivity contribution in [1.82, 2.24) is 5.32 Å². The number of amides is 1. The predicted octanol–water partition coefficient (Wildman–Crippen LogP) is 5.23. The van der Waals surface area contributed by atoms with Crippen LogP contribution in [0.25, 0.3) is 0 Å². The second-order valence-corrected chi connectivity index (χ2v) is 9.73. The molecule has 0 saturated heterocycles. The average Bonchev–Trinajstić information content (AvgIpc) is 2.73. The van der Waals surface area contributed by atoms with Crippen molar-refractivity contribution < 1.29 is 13.2 Å². The highest BCUT2D eigenvalue weighted by molar-refractivity contribution is 7.92. The molecule has 0 aliphatic carbocycles. The number of benzene rings is 3.